The van der Waals surface area contributed by atoms with Gasteiger partial charge in [-0.2, -0.15) is 4.98 Å². The van der Waals surface area contributed by atoms with Crippen molar-refractivity contribution in [2.45, 2.75) is 37.1 Å². The lowest BCUT2D eigenvalue weighted by atomic mass is 9.92. The van der Waals surface area contributed by atoms with Crippen LogP contribution in [0.15, 0.2) is 53.7 Å². The summed E-state index contributed by atoms with van der Waals surface area (Å²) >= 11 is 1.36. The molecule has 3 rings (SSSR count). The number of hydrogen-bond acceptors (Lipinski definition) is 4. The highest BCUT2D eigenvalue weighted by molar-refractivity contribution is 7.98. The molecule has 7 heteroatoms. The van der Waals surface area contributed by atoms with Crippen LogP contribution < -0.4 is 4.74 Å². The van der Waals surface area contributed by atoms with Gasteiger partial charge in [-0.1, -0.05) is 44.7 Å². The topological polar surface area (TPSA) is 35.0 Å². The van der Waals surface area contributed by atoms with Crippen LogP contribution in [0.3, 0.4) is 0 Å². The van der Waals surface area contributed by atoms with Gasteiger partial charge in [0.2, 0.25) is 5.88 Å². The standard InChI is InChI=1S/C21H19F3N2OS/c1-21(2,3)18-11-19(27-17-9-8-15(23)10-16(17)24)26-20(25-18)28-12-13-4-6-14(22)7-5-13/h4-11H,12H2,1-3H3. The summed E-state index contributed by atoms with van der Waals surface area (Å²) < 4.78 is 45.6. The fourth-order valence-corrected chi connectivity index (χ4v) is 3.11. The van der Waals surface area contributed by atoms with E-state index in [2.05, 4.69) is 9.97 Å². The number of halogens is 3. The Morgan fingerprint density at radius 2 is 1.57 bits per heavy atom. The van der Waals surface area contributed by atoms with Crippen LogP contribution in [-0.2, 0) is 11.2 Å². The van der Waals surface area contributed by atoms with Crippen LogP contribution in [0.2, 0.25) is 0 Å². The first-order valence-corrected chi connectivity index (χ1v) is 9.59. The van der Waals surface area contributed by atoms with Crippen molar-refractivity contribution < 1.29 is 17.9 Å². The van der Waals surface area contributed by atoms with Gasteiger partial charge in [-0.25, -0.2) is 18.2 Å². The molecular weight excluding hydrogens is 385 g/mol. The lowest BCUT2D eigenvalue weighted by Crippen LogP contribution is -2.14. The molecule has 0 atom stereocenters. The van der Waals surface area contributed by atoms with Gasteiger partial charge in [0.1, 0.15) is 11.6 Å². The third-order valence-corrected chi connectivity index (χ3v) is 4.76. The Balaban J connectivity index is 1.87. The summed E-state index contributed by atoms with van der Waals surface area (Å²) in [6, 6.07) is 10.9. The number of thioether (sulfide) groups is 1. The Labute approximate surface area is 166 Å². The highest BCUT2D eigenvalue weighted by Gasteiger charge is 2.19. The van der Waals surface area contributed by atoms with E-state index < -0.39 is 11.6 Å². The minimum Gasteiger partial charge on any atom is -0.436 e. The largest absolute Gasteiger partial charge is 0.436 e. The number of benzene rings is 2. The van der Waals surface area contributed by atoms with Gasteiger partial charge in [0.05, 0.1) is 5.69 Å². The Hall–Kier alpha value is -2.54. The summed E-state index contributed by atoms with van der Waals surface area (Å²) in [7, 11) is 0. The normalized spacial score (nSPS) is 11.5. The molecule has 0 unspecified atom stereocenters. The van der Waals surface area contributed by atoms with Crippen molar-refractivity contribution in [1.29, 1.82) is 0 Å². The highest BCUT2D eigenvalue weighted by atomic mass is 32.2. The van der Waals surface area contributed by atoms with Crippen LogP contribution in [-0.4, -0.2) is 9.97 Å². The minimum atomic E-state index is -0.809. The Morgan fingerprint density at radius 1 is 0.893 bits per heavy atom. The van der Waals surface area contributed by atoms with E-state index in [9.17, 15) is 13.2 Å². The molecule has 0 aliphatic carbocycles. The summed E-state index contributed by atoms with van der Waals surface area (Å²) in [4.78, 5) is 8.89. The summed E-state index contributed by atoms with van der Waals surface area (Å²) in [5, 5.41) is 0.453. The molecule has 0 amide bonds. The van der Waals surface area contributed by atoms with Crippen LogP contribution >= 0.6 is 11.8 Å². The molecule has 146 valence electrons. The van der Waals surface area contributed by atoms with Crippen LogP contribution in [0.4, 0.5) is 13.2 Å². The molecule has 3 aromatic rings. The maximum Gasteiger partial charge on any atom is 0.223 e. The van der Waals surface area contributed by atoms with E-state index in [4.69, 9.17) is 4.74 Å². The molecule has 2 aromatic carbocycles. The van der Waals surface area contributed by atoms with Gasteiger partial charge in [0.15, 0.2) is 16.7 Å². The van der Waals surface area contributed by atoms with Gasteiger partial charge >= 0.3 is 0 Å². The van der Waals surface area contributed by atoms with Gasteiger partial charge in [0, 0.05) is 23.3 Å². The lowest BCUT2D eigenvalue weighted by Gasteiger charge is -2.19. The smallest absolute Gasteiger partial charge is 0.223 e. The maximum absolute atomic E-state index is 13.9. The second-order valence-corrected chi connectivity index (χ2v) is 8.16. The van der Waals surface area contributed by atoms with E-state index in [0.29, 0.717) is 10.9 Å². The molecule has 0 fully saturated rings. The van der Waals surface area contributed by atoms with Crippen molar-refractivity contribution in [2.24, 2.45) is 0 Å². The molecule has 0 N–H and O–H groups in total. The van der Waals surface area contributed by atoms with E-state index in [1.165, 1.54) is 30.0 Å². The molecule has 0 bridgehead atoms. The second-order valence-electron chi connectivity index (χ2n) is 7.22. The number of hydrogen-bond donors (Lipinski definition) is 0. The molecule has 0 radical (unpaired) electrons. The Kier molecular flexibility index (Phi) is 5.93. The predicted octanol–water partition coefficient (Wildman–Crippen LogP) is 6.28. The Bertz CT molecular complexity index is 972. The third-order valence-electron chi connectivity index (χ3n) is 3.84. The van der Waals surface area contributed by atoms with E-state index in [-0.39, 0.29) is 22.9 Å². The SMILES string of the molecule is CC(C)(C)c1cc(Oc2ccc(F)cc2F)nc(SCc2ccc(F)cc2)n1. The fourth-order valence-electron chi connectivity index (χ4n) is 2.30. The van der Waals surface area contributed by atoms with Crippen molar-refractivity contribution in [1.82, 2.24) is 9.97 Å². The van der Waals surface area contributed by atoms with Crippen molar-refractivity contribution >= 4 is 11.8 Å². The predicted molar refractivity (Wildman–Crippen MR) is 103 cm³/mol. The molecule has 1 aromatic heterocycles. The maximum atomic E-state index is 13.9. The highest BCUT2D eigenvalue weighted by Crippen LogP contribution is 2.30. The van der Waals surface area contributed by atoms with Gasteiger partial charge in [-0.3, -0.25) is 0 Å². The van der Waals surface area contributed by atoms with Crippen LogP contribution in [0.1, 0.15) is 32.0 Å². The molecule has 0 aliphatic heterocycles. The third kappa shape index (κ3) is 5.25. The molecule has 0 aliphatic rings. The first-order chi connectivity index (χ1) is 13.2. The quantitative estimate of drug-likeness (QED) is 0.370. The van der Waals surface area contributed by atoms with Crippen molar-refractivity contribution in [3.63, 3.8) is 0 Å². The molecule has 0 saturated carbocycles. The van der Waals surface area contributed by atoms with Gasteiger partial charge in [0.25, 0.3) is 0 Å². The van der Waals surface area contributed by atoms with Crippen molar-refractivity contribution in [3.05, 3.63) is 77.2 Å². The Morgan fingerprint density at radius 3 is 2.21 bits per heavy atom. The molecule has 28 heavy (non-hydrogen) atoms. The average molecular weight is 404 g/mol. The van der Waals surface area contributed by atoms with Crippen molar-refractivity contribution in [2.75, 3.05) is 0 Å². The summed E-state index contributed by atoms with van der Waals surface area (Å²) in [6.45, 7) is 5.98. The van der Waals surface area contributed by atoms with Crippen molar-refractivity contribution in [3.8, 4) is 11.6 Å². The summed E-state index contributed by atoms with van der Waals surface area (Å²) in [6.07, 6.45) is 0. The van der Waals surface area contributed by atoms with Gasteiger partial charge < -0.3 is 4.74 Å². The number of ether oxygens (including phenoxy) is 1. The zero-order valence-corrected chi connectivity index (χ0v) is 16.5. The number of rotatable bonds is 5. The summed E-state index contributed by atoms with van der Waals surface area (Å²) in [5.41, 5.74) is 1.36. The van der Waals surface area contributed by atoms with E-state index in [0.717, 1.165) is 23.4 Å². The van der Waals surface area contributed by atoms with E-state index in [1.54, 1.807) is 18.2 Å². The number of aromatic nitrogens is 2. The molecule has 0 saturated heterocycles. The first kappa shape index (κ1) is 20.2. The first-order valence-electron chi connectivity index (χ1n) is 8.60. The second kappa shape index (κ2) is 8.22. The zero-order valence-electron chi connectivity index (χ0n) is 15.7. The molecular formula is C21H19F3N2OS. The van der Waals surface area contributed by atoms with Gasteiger partial charge in [-0.15, -0.1) is 0 Å². The van der Waals surface area contributed by atoms with Crippen LogP contribution in [0, 0.1) is 17.5 Å². The number of nitrogens with zero attached hydrogens (tertiary/aromatic N) is 2. The van der Waals surface area contributed by atoms with Gasteiger partial charge in [-0.05, 0) is 29.8 Å². The average Bonchev–Trinajstić information content (AvgIpc) is 2.63. The van der Waals surface area contributed by atoms with Crippen LogP contribution in [0.25, 0.3) is 0 Å². The van der Waals surface area contributed by atoms with E-state index in [1.807, 2.05) is 20.8 Å². The lowest BCUT2D eigenvalue weighted by molar-refractivity contribution is 0.414. The van der Waals surface area contributed by atoms with Crippen LogP contribution in [0.5, 0.6) is 11.6 Å². The summed E-state index contributed by atoms with van der Waals surface area (Å²) in [5.74, 6) is -1.19. The monoisotopic (exact) mass is 404 g/mol. The molecule has 3 nitrogen and oxygen atoms in total. The fraction of sp³-hybridized carbons (Fsp3) is 0.238. The molecule has 1 heterocycles. The minimum absolute atomic E-state index is 0.116. The molecule has 0 spiro atoms. The van der Waals surface area contributed by atoms with E-state index >= 15 is 0 Å². The zero-order chi connectivity index (χ0) is 20.3.